The van der Waals surface area contributed by atoms with Crippen molar-refractivity contribution in [3.05, 3.63) is 71.8 Å². The molecule has 0 radical (unpaired) electrons. The summed E-state index contributed by atoms with van der Waals surface area (Å²) in [6.45, 7) is 11.2. The van der Waals surface area contributed by atoms with E-state index in [1.54, 1.807) is 0 Å². The minimum absolute atomic E-state index is 0. The molecular weight excluding hydrogens is 558 g/mol. The fourth-order valence-electron chi connectivity index (χ4n) is 4.24. The van der Waals surface area contributed by atoms with Crippen molar-refractivity contribution in [3.63, 3.8) is 0 Å². The highest BCUT2D eigenvalue weighted by Crippen LogP contribution is 2.11. The van der Waals surface area contributed by atoms with Gasteiger partial charge in [0.15, 0.2) is 0 Å². The van der Waals surface area contributed by atoms with Crippen molar-refractivity contribution in [2.75, 3.05) is 39.3 Å². The highest BCUT2D eigenvalue weighted by Gasteiger charge is 2.03. The normalized spacial score (nSPS) is 11.7. The Morgan fingerprint density at radius 2 is 0.737 bits per heavy atom. The molecule has 0 heterocycles. The van der Waals surface area contributed by atoms with Crippen LogP contribution in [0.4, 0.5) is 0 Å². The van der Waals surface area contributed by atoms with Crippen LogP contribution in [0, 0.1) is 0 Å². The van der Waals surface area contributed by atoms with Crippen LogP contribution < -0.4 is 21.3 Å². The highest BCUT2D eigenvalue weighted by atomic mass is 35.5. The maximum Gasteiger partial charge on any atom is 0.0291 e. The summed E-state index contributed by atoms with van der Waals surface area (Å²) in [5.41, 5.74) is 2.74. The van der Waals surface area contributed by atoms with Crippen molar-refractivity contribution in [2.24, 2.45) is 0 Å². The van der Waals surface area contributed by atoms with Gasteiger partial charge in [-0.2, -0.15) is 0 Å². The number of unbranched alkanes of at least 4 members (excludes halogenated alkanes) is 5. The summed E-state index contributed by atoms with van der Waals surface area (Å²) in [5.74, 6) is 0. The fourth-order valence-corrected chi connectivity index (χ4v) is 4.24. The Morgan fingerprint density at radius 3 is 1.11 bits per heavy atom. The van der Waals surface area contributed by atoms with Gasteiger partial charge in [-0.3, -0.25) is 0 Å². The van der Waals surface area contributed by atoms with Gasteiger partial charge in [0.05, 0.1) is 0 Å². The molecule has 0 saturated carbocycles. The summed E-state index contributed by atoms with van der Waals surface area (Å²) in [6.07, 6.45) is 10.4. The Morgan fingerprint density at radius 1 is 0.421 bits per heavy atom. The number of hydrogen-bond donors (Lipinski definition) is 4. The standard InChI is InChI=1S/C30H50N4.4ClH/c1-27(29-17-9-7-10-18-29)33-25-15-23-31-21-13-5-3-4-6-14-22-32-24-16-26-34-28(2)30-19-11-8-12-20-30;;;;/h7-12,17-20,27-28,31-34H,3-6,13-16,21-26H2,1-2H3;4*1H. The number of hydrogen-bond acceptors (Lipinski definition) is 4. The second-order valence-electron chi connectivity index (χ2n) is 9.50. The molecule has 4 nitrogen and oxygen atoms in total. The Bertz CT molecular complexity index is 648. The van der Waals surface area contributed by atoms with Crippen LogP contribution in [0.25, 0.3) is 0 Å². The van der Waals surface area contributed by atoms with Crippen molar-refractivity contribution in [2.45, 2.75) is 77.3 Å². The average Bonchev–Trinajstić information content (AvgIpc) is 2.88. The minimum Gasteiger partial charge on any atom is -0.317 e. The lowest BCUT2D eigenvalue weighted by molar-refractivity contribution is 0.515. The second-order valence-corrected chi connectivity index (χ2v) is 9.50. The van der Waals surface area contributed by atoms with Crippen molar-refractivity contribution in [1.82, 2.24) is 21.3 Å². The predicted octanol–water partition coefficient (Wildman–Crippen LogP) is 7.68. The van der Waals surface area contributed by atoms with E-state index in [1.165, 1.54) is 62.5 Å². The molecular formula is C30H54Cl4N4. The Hall–Kier alpha value is -0.560. The van der Waals surface area contributed by atoms with Crippen LogP contribution >= 0.6 is 49.6 Å². The molecule has 222 valence electrons. The molecule has 4 N–H and O–H groups in total. The van der Waals surface area contributed by atoms with E-state index in [4.69, 9.17) is 0 Å². The average molecular weight is 613 g/mol. The lowest BCUT2D eigenvalue weighted by atomic mass is 10.1. The van der Waals surface area contributed by atoms with Gasteiger partial charge in [-0.05, 0) is 89.9 Å². The highest BCUT2D eigenvalue weighted by molar-refractivity contribution is 5.86. The topological polar surface area (TPSA) is 48.1 Å². The van der Waals surface area contributed by atoms with Crippen LogP contribution in [0.3, 0.4) is 0 Å². The maximum absolute atomic E-state index is 3.61. The third-order valence-electron chi connectivity index (χ3n) is 6.52. The summed E-state index contributed by atoms with van der Waals surface area (Å²) in [6, 6.07) is 22.2. The van der Waals surface area contributed by atoms with E-state index in [1.807, 2.05) is 0 Å². The third-order valence-corrected chi connectivity index (χ3v) is 6.52. The zero-order valence-corrected chi connectivity index (χ0v) is 26.7. The van der Waals surface area contributed by atoms with Crippen molar-refractivity contribution in [1.29, 1.82) is 0 Å². The van der Waals surface area contributed by atoms with Crippen molar-refractivity contribution >= 4 is 49.6 Å². The molecule has 0 saturated heterocycles. The van der Waals surface area contributed by atoms with Crippen LogP contribution in [-0.2, 0) is 0 Å². The molecule has 2 atom stereocenters. The Balaban J connectivity index is -0.00000306. The van der Waals surface area contributed by atoms with Gasteiger partial charge >= 0.3 is 0 Å². The molecule has 2 aromatic carbocycles. The first-order valence-electron chi connectivity index (χ1n) is 13.8. The van der Waals surface area contributed by atoms with E-state index < -0.39 is 0 Å². The second kappa shape index (κ2) is 29.4. The van der Waals surface area contributed by atoms with Gasteiger partial charge in [-0.15, -0.1) is 49.6 Å². The summed E-state index contributed by atoms with van der Waals surface area (Å²) >= 11 is 0. The molecule has 0 aliphatic heterocycles. The molecule has 0 spiro atoms. The van der Waals surface area contributed by atoms with E-state index in [9.17, 15) is 0 Å². The van der Waals surface area contributed by atoms with Gasteiger partial charge in [-0.1, -0.05) is 86.3 Å². The zero-order valence-electron chi connectivity index (χ0n) is 23.5. The Labute approximate surface area is 258 Å². The summed E-state index contributed by atoms with van der Waals surface area (Å²) in [4.78, 5) is 0. The Kier molecular flexibility index (Phi) is 32.5. The first-order chi connectivity index (χ1) is 16.8. The van der Waals surface area contributed by atoms with Crippen molar-refractivity contribution in [3.8, 4) is 0 Å². The van der Waals surface area contributed by atoms with Gasteiger partial charge in [-0.25, -0.2) is 0 Å². The van der Waals surface area contributed by atoms with Gasteiger partial charge in [0.1, 0.15) is 0 Å². The molecule has 0 bridgehead atoms. The summed E-state index contributed by atoms with van der Waals surface area (Å²) in [7, 11) is 0. The van der Waals surface area contributed by atoms with Crippen LogP contribution in [-0.4, -0.2) is 39.3 Å². The van der Waals surface area contributed by atoms with Gasteiger partial charge < -0.3 is 21.3 Å². The zero-order chi connectivity index (χ0) is 24.1. The molecule has 0 aliphatic carbocycles. The van der Waals surface area contributed by atoms with Crippen LogP contribution in [0.5, 0.6) is 0 Å². The summed E-state index contributed by atoms with van der Waals surface area (Å²) < 4.78 is 0. The van der Waals surface area contributed by atoms with E-state index in [0.29, 0.717) is 12.1 Å². The van der Waals surface area contributed by atoms with E-state index in [2.05, 4.69) is 95.8 Å². The SMILES string of the molecule is CC(NCCCNCCCCCCCCNCCCNC(C)c1ccccc1)c1ccccc1.Cl.Cl.Cl.Cl. The van der Waals surface area contributed by atoms with E-state index in [0.717, 1.165) is 39.3 Å². The number of benzene rings is 2. The number of rotatable bonds is 21. The summed E-state index contributed by atoms with van der Waals surface area (Å²) in [5, 5.41) is 14.4. The molecule has 0 aliphatic rings. The fraction of sp³-hybridized carbons (Fsp3) is 0.600. The minimum atomic E-state index is 0. The van der Waals surface area contributed by atoms with E-state index >= 15 is 0 Å². The number of halogens is 4. The lowest BCUT2D eigenvalue weighted by Gasteiger charge is -2.14. The van der Waals surface area contributed by atoms with Crippen LogP contribution in [0.1, 0.15) is 88.4 Å². The monoisotopic (exact) mass is 610 g/mol. The van der Waals surface area contributed by atoms with Gasteiger partial charge in [0, 0.05) is 12.1 Å². The molecule has 2 rings (SSSR count). The molecule has 0 fully saturated rings. The smallest absolute Gasteiger partial charge is 0.0291 e. The molecule has 0 amide bonds. The number of nitrogens with one attached hydrogen (secondary N) is 4. The molecule has 0 aromatic heterocycles. The lowest BCUT2D eigenvalue weighted by Crippen LogP contribution is -2.24. The van der Waals surface area contributed by atoms with Gasteiger partial charge in [0.25, 0.3) is 0 Å². The first-order valence-corrected chi connectivity index (χ1v) is 13.8. The quantitative estimate of drug-likeness (QED) is 0.109. The van der Waals surface area contributed by atoms with Crippen LogP contribution in [0.15, 0.2) is 60.7 Å². The third kappa shape index (κ3) is 21.3. The van der Waals surface area contributed by atoms with Crippen molar-refractivity contribution < 1.29 is 0 Å². The predicted molar refractivity (Wildman–Crippen MR) is 177 cm³/mol. The maximum atomic E-state index is 3.61. The van der Waals surface area contributed by atoms with Crippen LogP contribution in [0.2, 0.25) is 0 Å². The molecule has 38 heavy (non-hydrogen) atoms. The van der Waals surface area contributed by atoms with Gasteiger partial charge in [0.2, 0.25) is 0 Å². The molecule has 2 aromatic rings. The van der Waals surface area contributed by atoms with E-state index in [-0.39, 0.29) is 49.6 Å². The molecule has 2 unspecified atom stereocenters. The molecule has 8 heteroatoms. The first kappa shape index (κ1) is 41.9. The largest absolute Gasteiger partial charge is 0.317 e.